The Hall–Kier alpha value is -3.64. The highest BCUT2D eigenvalue weighted by Crippen LogP contribution is 2.07. The van der Waals surface area contributed by atoms with Crippen molar-refractivity contribution in [3.05, 3.63) is 18.2 Å². The lowest BCUT2D eigenvalue weighted by molar-refractivity contribution is -0.671. The van der Waals surface area contributed by atoms with E-state index >= 15 is 0 Å². The van der Waals surface area contributed by atoms with Gasteiger partial charge in [0, 0.05) is 6.42 Å². The number of hydrogen-bond donors (Lipinski definition) is 4. The average Bonchev–Trinajstić information content (AvgIpc) is 3.07. The number of ether oxygens (including phenoxy) is 2. The molecule has 13 heteroatoms. The van der Waals surface area contributed by atoms with Crippen LogP contribution in [0, 0.1) is 0 Å². The van der Waals surface area contributed by atoms with Crippen LogP contribution in [0.5, 0.6) is 0 Å². The second kappa shape index (κ2) is 12.9. The van der Waals surface area contributed by atoms with Gasteiger partial charge < -0.3 is 30.7 Å². The topological polar surface area (TPSA) is 161 Å². The molecule has 0 aliphatic heterocycles. The predicted molar refractivity (Wildman–Crippen MR) is 128 cm³/mol. The molecule has 0 bridgehead atoms. The average molecular weight is 512 g/mol. The van der Waals surface area contributed by atoms with Crippen LogP contribution in [0.4, 0.5) is 4.79 Å². The van der Waals surface area contributed by atoms with Crippen molar-refractivity contribution in [1.29, 1.82) is 0 Å². The number of hydrogen-bond acceptors (Lipinski definition) is 7. The Labute approximate surface area is 211 Å². The van der Waals surface area contributed by atoms with Crippen LogP contribution in [0.15, 0.2) is 12.5 Å². The standard InChI is InChI=1S/C23H38N6O7/c1-13(24-19(31)15(3)26-22(34)36-23(4,5)6)18(30)25-14(2)20(32)27-17(21(33)35-9)10-16-11-28(7)12-29(16)8/h11-15,17H,10H2,1-9H3,(H3-,24,25,26,27,30,31,32,34)/p+1/t13-,14-,15-,17-/m0/s1. The van der Waals surface area contributed by atoms with Crippen molar-refractivity contribution in [2.75, 3.05) is 7.11 Å². The molecule has 4 N–H and O–H groups in total. The first-order chi connectivity index (χ1) is 16.5. The summed E-state index contributed by atoms with van der Waals surface area (Å²) >= 11 is 0. The molecule has 0 aliphatic carbocycles. The number of esters is 1. The number of methoxy groups -OCH3 is 1. The fraction of sp³-hybridized carbons (Fsp3) is 0.652. The van der Waals surface area contributed by atoms with E-state index in [1.165, 1.54) is 27.9 Å². The Morgan fingerprint density at radius 1 is 0.917 bits per heavy atom. The summed E-state index contributed by atoms with van der Waals surface area (Å²) in [6.07, 6.45) is 3.05. The van der Waals surface area contributed by atoms with Gasteiger partial charge in [-0.05, 0) is 41.5 Å². The number of alkyl carbamates (subject to hydrolysis) is 1. The van der Waals surface area contributed by atoms with Crippen LogP contribution in [0.25, 0.3) is 0 Å². The molecule has 0 unspecified atom stereocenters. The largest absolute Gasteiger partial charge is 0.467 e. The summed E-state index contributed by atoms with van der Waals surface area (Å²) in [5.41, 5.74) is 0.0610. The van der Waals surface area contributed by atoms with Crippen molar-refractivity contribution >= 4 is 29.8 Å². The van der Waals surface area contributed by atoms with Crippen molar-refractivity contribution in [3.63, 3.8) is 0 Å². The van der Waals surface area contributed by atoms with Gasteiger partial charge in [0.25, 0.3) is 0 Å². The van der Waals surface area contributed by atoms with Crippen LogP contribution < -0.4 is 25.8 Å². The lowest BCUT2D eigenvalue weighted by Gasteiger charge is -2.23. The molecule has 1 aromatic rings. The normalized spacial score (nSPS) is 14.5. The molecule has 13 nitrogen and oxygen atoms in total. The van der Waals surface area contributed by atoms with E-state index in [1.807, 2.05) is 35.8 Å². The van der Waals surface area contributed by atoms with Gasteiger partial charge in [0.2, 0.25) is 24.0 Å². The van der Waals surface area contributed by atoms with Gasteiger partial charge in [0.1, 0.15) is 41.7 Å². The van der Waals surface area contributed by atoms with E-state index in [0.29, 0.717) is 0 Å². The molecule has 202 valence electrons. The third kappa shape index (κ3) is 9.92. The number of amides is 4. The summed E-state index contributed by atoms with van der Waals surface area (Å²) in [6.45, 7) is 9.40. The molecule has 0 radical (unpaired) electrons. The highest BCUT2D eigenvalue weighted by atomic mass is 16.6. The molecular formula is C23H39N6O7+. The maximum Gasteiger partial charge on any atom is 0.408 e. The van der Waals surface area contributed by atoms with E-state index < -0.39 is 59.6 Å². The number of carbonyl (C=O) groups excluding carboxylic acids is 5. The fourth-order valence-electron chi connectivity index (χ4n) is 3.10. The number of nitrogens with one attached hydrogen (secondary N) is 4. The third-order valence-electron chi connectivity index (χ3n) is 5.01. The zero-order valence-electron chi connectivity index (χ0n) is 22.4. The minimum Gasteiger partial charge on any atom is -0.467 e. The highest BCUT2D eigenvalue weighted by molar-refractivity contribution is 5.94. The smallest absolute Gasteiger partial charge is 0.408 e. The lowest BCUT2D eigenvalue weighted by Crippen LogP contribution is -2.56. The van der Waals surface area contributed by atoms with Crippen LogP contribution in [0.2, 0.25) is 0 Å². The Kier molecular flexibility index (Phi) is 10.9. The Morgan fingerprint density at radius 2 is 1.39 bits per heavy atom. The zero-order valence-corrected chi connectivity index (χ0v) is 22.4. The molecule has 0 fully saturated rings. The van der Waals surface area contributed by atoms with Crippen LogP contribution in [0.3, 0.4) is 0 Å². The summed E-state index contributed by atoms with van der Waals surface area (Å²) in [5.74, 6) is -2.46. The fourth-order valence-corrected chi connectivity index (χ4v) is 3.10. The minimum atomic E-state index is -1.01. The molecule has 0 saturated carbocycles. The minimum absolute atomic E-state index is 0.186. The number of nitrogens with zero attached hydrogens (tertiary/aromatic N) is 2. The van der Waals surface area contributed by atoms with E-state index in [9.17, 15) is 24.0 Å². The molecule has 4 atom stereocenters. The molecule has 1 aromatic heterocycles. The molecule has 0 saturated heterocycles. The number of aromatic nitrogens is 2. The number of imidazole rings is 1. The van der Waals surface area contributed by atoms with Gasteiger partial charge in [0.05, 0.1) is 21.2 Å². The van der Waals surface area contributed by atoms with Crippen molar-refractivity contribution in [2.24, 2.45) is 14.1 Å². The first-order valence-corrected chi connectivity index (χ1v) is 11.5. The molecule has 0 aliphatic rings. The van der Waals surface area contributed by atoms with Crippen molar-refractivity contribution < 1.29 is 38.0 Å². The second-order valence-corrected chi connectivity index (χ2v) is 9.63. The highest BCUT2D eigenvalue weighted by Gasteiger charge is 2.29. The van der Waals surface area contributed by atoms with E-state index in [1.54, 1.807) is 20.8 Å². The molecule has 1 heterocycles. The first-order valence-electron chi connectivity index (χ1n) is 11.5. The summed E-state index contributed by atoms with van der Waals surface area (Å²) in [4.78, 5) is 61.6. The van der Waals surface area contributed by atoms with Crippen molar-refractivity contribution in [2.45, 2.75) is 77.7 Å². The van der Waals surface area contributed by atoms with Crippen molar-refractivity contribution in [1.82, 2.24) is 25.8 Å². The van der Waals surface area contributed by atoms with Gasteiger partial charge in [-0.15, -0.1) is 0 Å². The van der Waals surface area contributed by atoms with Crippen LogP contribution in [-0.2, 0) is 49.2 Å². The van der Waals surface area contributed by atoms with Gasteiger partial charge in [0.15, 0.2) is 0 Å². The second-order valence-electron chi connectivity index (χ2n) is 9.63. The number of rotatable bonds is 10. The maximum atomic E-state index is 12.7. The maximum absolute atomic E-state index is 12.7. The molecule has 1 rings (SSSR count). The molecule has 0 aromatic carbocycles. The summed E-state index contributed by atoms with van der Waals surface area (Å²) < 4.78 is 13.5. The van der Waals surface area contributed by atoms with E-state index in [4.69, 9.17) is 9.47 Å². The van der Waals surface area contributed by atoms with E-state index in [0.717, 1.165) is 5.69 Å². The molecule has 36 heavy (non-hydrogen) atoms. The van der Waals surface area contributed by atoms with E-state index in [2.05, 4.69) is 21.3 Å². The zero-order chi connectivity index (χ0) is 27.8. The first kappa shape index (κ1) is 30.4. The van der Waals surface area contributed by atoms with Gasteiger partial charge in [-0.1, -0.05) is 0 Å². The summed E-state index contributed by atoms with van der Waals surface area (Å²) in [7, 11) is 4.87. The molecule has 0 spiro atoms. The van der Waals surface area contributed by atoms with Gasteiger partial charge >= 0.3 is 12.1 Å². The van der Waals surface area contributed by atoms with E-state index in [-0.39, 0.29) is 6.42 Å². The third-order valence-corrected chi connectivity index (χ3v) is 5.01. The SMILES string of the molecule is COC(=O)[C@H](Cc1c[n+](C)cn1C)NC(=O)[C@H](C)NC(=O)[C@H](C)NC(=O)[C@H](C)NC(=O)OC(C)(C)C. The lowest BCUT2D eigenvalue weighted by atomic mass is 10.1. The van der Waals surface area contributed by atoms with Crippen LogP contribution in [-0.4, -0.2) is 71.2 Å². The monoisotopic (exact) mass is 511 g/mol. The van der Waals surface area contributed by atoms with Crippen LogP contribution in [0.1, 0.15) is 47.2 Å². The van der Waals surface area contributed by atoms with Gasteiger partial charge in [-0.2, -0.15) is 0 Å². The number of carbonyl (C=O) groups is 5. The summed E-state index contributed by atoms with van der Waals surface area (Å²) in [6, 6.07) is -3.94. The van der Waals surface area contributed by atoms with Crippen molar-refractivity contribution in [3.8, 4) is 0 Å². The van der Waals surface area contributed by atoms with Gasteiger partial charge in [-0.25, -0.2) is 18.7 Å². The molecular weight excluding hydrogens is 472 g/mol. The number of aryl methyl sites for hydroxylation is 2. The Balaban J connectivity index is 2.66. The Morgan fingerprint density at radius 3 is 1.81 bits per heavy atom. The van der Waals surface area contributed by atoms with Gasteiger partial charge in [-0.3, -0.25) is 14.4 Å². The summed E-state index contributed by atoms with van der Waals surface area (Å²) in [5, 5.41) is 9.95. The Bertz CT molecular complexity index is 969. The van der Waals surface area contributed by atoms with Crippen LogP contribution >= 0.6 is 0 Å². The quantitative estimate of drug-likeness (QED) is 0.231. The molecule has 4 amide bonds. The predicted octanol–water partition coefficient (Wildman–Crippen LogP) is -1.03.